The molecule has 0 fully saturated rings. The van der Waals surface area contributed by atoms with Crippen molar-refractivity contribution in [2.75, 3.05) is 7.05 Å². The Hall–Kier alpha value is -3.40. The van der Waals surface area contributed by atoms with Crippen LogP contribution in [-0.2, 0) is 5.54 Å². The highest BCUT2D eigenvalue weighted by Crippen LogP contribution is 2.45. The molecule has 0 saturated heterocycles. The number of alkyl halides is 2. The topological polar surface area (TPSA) is 50.8 Å². The van der Waals surface area contributed by atoms with Crippen LogP contribution in [0.2, 0.25) is 0 Å². The summed E-state index contributed by atoms with van der Waals surface area (Å²) < 4.78 is 44.4. The molecule has 0 amide bonds. The fraction of sp³-hybridized carbons (Fsp3) is 0.292. The minimum atomic E-state index is -2.93. The van der Waals surface area contributed by atoms with E-state index < -0.39 is 18.0 Å². The SMILES string of the molecule is C=C1N(C)C(N)=NC1(c1ccc(OC(F)F)c(C)c1)c1ccc(F)c(C#CCCC)c1. The summed E-state index contributed by atoms with van der Waals surface area (Å²) in [5.41, 5.74) is 7.51. The average Bonchev–Trinajstić information content (AvgIpc) is 2.95. The Morgan fingerprint density at radius 1 is 1.23 bits per heavy atom. The minimum absolute atomic E-state index is 0.0630. The smallest absolute Gasteiger partial charge is 0.387 e. The van der Waals surface area contributed by atoms with Crippen LogP contribution in [0.15, 0.2) is 53.7 Å². The maximum absolute atomic E-state index is 14.4. The van der Waals surface area contributed by atoms with Gasteiger partial charge >= 0.3 is 6.61 Å². The lowest BCUT2D eigenvalue weighted by molar-refractivity contribution is -0.0503. The highest BCUT2D eigenvalue weighted by molar-refractivity contribution is 5.85. The highest BCUT2D eigenvalue weighted by Gasteiger charge is 2.45. The van der Waals surface area contributed by atoms with E-state index in [1.807, 2.05) is 6.92 Å². The van der Waals surface area contributed by atoms with Gasteiger partial charge in [-0.2, -0.15) is 8.78 Å². The summed E-state index contributed by atoms with van der Waals surface area (Å²) in [6.07, 6.45) is 1.52. The molecule has 162 valence electrons. The summed E-state index contributed by atoms with van der Waals surface area (Å²) in [7, 11) is 1.73. The Bertz CT molecular complexity index is 1100. The van der Waals surface area contributed by atoms with Gasteiger partial charge in [0.15, 0.2) is 11.5 Å². The van der Waals surface area contributed by atoms with E-state index >= 15 is 0 Å². The molecule has 1 heterocycles. The first-order chi connectivity index (χ1) is 14.7. The first-order valence-electron chi connectivity index (χ1n) is 9.84. The molecule has 0 aliphatic carbocycles. The third kappa shape index (κ3) is 4.11. The molecule has 31 heavy (non-hydrogen) atoms. The molecule has 3 rings (SSSR count). The van der Waals surface area contributed by atoms with Gasteiger partial charge in [0.05, 0.1) is 11.3 Å². The predicted molar refractivity (Wildman–Crippen MR) is 115 cm³/mol. The van der Waals surface area contributed by atoms with Crippen molar-refractivity contribution in [1.29, 1.82) is 0 Å². The zero-order chi connectivity index (χ0) is 22.8. The summed E-state index contributed by atoms with van der Waals surface area (Å²) >= 11 is 0. The van der Waals surface area contributed by atoms with Gasteiger partial charge in [0.2, 0.25) is 0 Å². The molecule has 1 aliphatic rings. The monoisotopic (exact) mass is 427 g/mol. The molecule has 2 N–H and O–H groups in total. The maximum Gasteiger partial charge on any atom is 0.387 e. The number of nitrogens with two attached hydrogens (primary N) is 1. The molecule has 2 aromatic rings. The molecule has 1 atom stereocenters. The fourth-order valence-corrected chi connectivity index (χ4v) is 3.55. The lowest BCUT2D eigenvalue weighted by Crippen LogP contribution is -2.32. The van der Waals surface area contributed by atoms with E-state index in [0.29, 0.717) is 28.8 Å². The number of likely N-dealkylation sites (N-methyl/N-ethyl adjacent to an activating group) is 1. The largest absolute Gasteiger partial charge is 0.435 e. The van der Waals surface area contributed by atoms with Crippen LogP contribution in [-0.4, -0.2) is 24.5 Å². The van der Waals surface area contributed by atoms with Crippen LogP contribution in [0, 0.1) is 24.6 Å². The summed E-state index contributed by atoms with van der Waals surface area (Å²) in [6, 6.07) is 9.38. The van der Waals surface area contributed by atoms with E-state index in [9.17, 15) is 13.2 Å². The first-order valence-corrected chi connectivity index (χ1v) is 9.84. The molecule has 1 aliphatic heterocycles. The van der Waals surface area contributed by atoms with Crippen LogP contribution in [0.4, 0.5) is 13.2 Å². The Morgan fingerprint density at radius 2 is 1.90 bits per heavy atom. The Balaban J connectivity index is 2.20. The second kappa shape index (κ2) is 8.76. The van der Waals surface area contributed by atoms with Gasteiger partial charge in [0.25, 0.3) is 0 Å². The second-order valence-corrected chi connectivity index (χ2v) is 7.29. The fourth-order valence-electron chi connectivity index (χ4n) is 3.55. The molecule has 7 heteroatoms. The molecule has 0 spiro atoms. The number of halogens is 3. The minimum Gasteiger partial charge on any atom is -0.435 e. The first kappa shape index (κ1) is 22.3. The van der Waals surface area contributed by atoms with Crippen molar-refractivity contribution in [2.45, 2.75) is 38.8 Å². The standard InChI is InChI=1S/C24H24F3N3O/c1-5-6-7-8-17-14-19(9-11-20(17)25)24(16(3)30(4)23(28)29-24)18-10-12-21(15(2)13-18)31-22(26)27/h9-14,22H,3,5-6H2,1-2,4H3,(H2,28,29). The second-order valence-electron chi connectivity index (χ2n) is 7.29. The molecule has 4 nitrogen and oxygen atoms in total. The molecule has 1 unspecified atom stereocenters. The average molecular weight is 427 g/mol. The van der Waals surface area contributed by atoms with Crippen molar-refractivity contribution in [2.24, 2.45) is 10.7 Å². The number of rotatable bonds is 5. The Labute approximate surface area is 180 Å². The summed E-state index contributed by atoms with van der Waals surface area (Å²) in [5.74, 6) is 5.69. The van der Waals surface area contributed by atoms with Crippen molar-refractivity contribution in [3.63, 3.8) is 0 Å². The Morgan fingerprint density at radius 3 is 2.48 bits per heavy atom. The van der Waals surface area contributed by atoms with E-state index in [1.54, 1.807) is 43.1 Å². The highest BCUT2D eigenvalue weighted by atomic mass is 19.3. The van der Waals surface area contributed by atoms with Gasteiger partial charge in [0.1, 0.15) is 11.6 Å². The lowest BCUT2D eigenvalue weighted by atomic mass is 9.80. The van der Waals surface area contributed by atoms with E-state index in [0.717, 1.165) is 6.42 Å². The van der Waals surface area contributed by atoms with Gasteiger partial charge in [-0.3, -0.25) is 0 Å². The van der Waals surface area contributed by atoms with Crippen LogP contribution >= 0.6 is 0 Å². The zero-order valence-corrected chi connectivity index (χ0v) is 17.7. The third-order valence-electron chi connectivity index (χ3n) is 5.24. The van der Waals surface area contributed by atoms with E-state index in [-0.39, 0.29) is 17.3 Å². The van der Waals surface area contributed by atoms with Gasteiger partial charge in [0, 0.05) is 13.5 Å². The van der Waals surface area contributed by atoms with Gasteiger partial charge in [-0.1, -0.05) is 37.5 Å². The molecular weight excluding hydrogens is 403 g/mol. The van der Waals surface area contributed by atoms with Crippen molar-refractivity contribution in [3.05, 3.63) is 76.7 Å². The van der Waals surface area contributed by atoms with E-state index in [1.165, 1.54) is 12.1 Å². The van der Waals surface area contributed by atoms with Crippen molar-refractivity contribution < 1.29 is 17.9 Å². The number of ether oxygens (including phenoxy) is 1. The van der Waals surface area contributed by atoms with Gasteiger partial charge < -0.3 is 15.4 Å². The maximum atomic E-state index is 14.4. The third-order valence-corrected chi connectivity index (χ3v) is 5.24. The van der Waals surface area contributed by atoms with Crippen molar-refractivity contribution >= 4 is 5.96 Å². The molecule has 2 aromatic carbocycles. The molecular formula is C24H24F3N3O. The number of guanidine groups is 1. The number of benzene rings is 2. The number of unbranched alkanes of at least 4 members (excludes halogenated alkanes) is 1. The lowest BCUT2D eigenvalue weighted by Gasteiger charge is -2.31. The van der Waals surface area contributed by atoms with Gasteiger partial charge in [-0.25, -0.2) is 9.38 Å². The van der Waals surface area contributed by atoms with Crippen LogP contribution < -0.4 is 10.5 Å². The van der Waals surface area contributed by atoms with E-state index in [2.05, 4.69) is 28.1 Å². The number of aryl methyl sites for hydroxylation is 1. The molecule has 0 aromatic heterocycles. The summed E-state index contributed by atoms with van der Waals surface area (Å²) in [4.78, 5) is 6.33. The van der Waals surface area contributed by atoms with E-state index in [4.69, 9.17) is 5.73 Å². The molecule has 0 bridgehead atoms. The number of nitrogens with zero attached hydrogens (tertiary/aromatic N) is 2. The Kier molecular flexibility index (Phi) is 6.30. The quantitative estimate of drug-likeness (QED) is 0.691. The zero-order valence-electron chi connectivity index (χ0n) is 17.7. The van der Waals surface area contributed by atoms with Crippen molar-refractivity contribution in [1.82, 2.24) is 4.90 Å². The predicted octanol–water partition coefficient (Wildman–Crippen LogP) is 4.90. The van der Waals surface area contributed by atoms with Gasteiger partial charge in [-0.05, 0) is 54.3 Å². The number of aliphatic imine (C=N–C) groups is 1. The van der Waals surface area contributed by atoms with Crippen LogP contribution in [0.3, 0.4) is 0 Å². The normalized spacial score (nSPS) is 18.1. The summed E-state index contributed by atoms with van der Waals surface area (Å²) in [5, 5.41) is 0. The molecule has 0 saturated carbocycles. The van der Waals surface area contributed by atoms with Crippen LogP contribution in [0.25, 0.3) is 0 Å². The summed E-state index contributed by atoms with van der Waals surface area (Å²) in [6.45, 7) is 4.90. The van der Waals surface area contributed by atoms with Crippen LogP contribution in [0.5, 0.6) is 5.75 Å². The van der Waals surface area contributed by atoms with Crippen LogP contribution in [0.1, 0.15) is 42.0 Å². The number of hydrogen-bond acceptors (Lipinski definition) is 4. The molecule has 0 radical (unpaired) electrons. The number of hydrogen-bond donors (Lipinski definition) is 1. The van der Waals surface area contributed by atoms with Gasteiger partial charge in [-0.15, -0.1) is 0 Å². The van der Waals surface area contributed by atoms with Crippen molar-refractivity contribution in [3.8, 4) is 17.6 Å².